The van der Waals surface area contributed by atoms with E-state index in [0.717, 1.165) is 22.5 Å². The van der Waals surface area contributed by atoms with Crippen LogP contribution in [0.2, 0.25) is 0 Å². The van der Waals surface area contributed by atoms with Gasteiger partial charge in [-0.1, -0.05) is 44.0 Å². The van der Waals surface area contributed by atoms with Gasteiger partial charge < -0.3 is 4.74 Å². The van der Waals surface area contributed by atoms with Crippen LogP contribution in [0, 0.1) is 0 Å². The lowest BCUT2D eigenvalue weighted by molar-refractivity contribution is 0.400. The lowest BCUT2D eigenvalue weighted by Gasteiger charge is -2.13. The molecule has 0 radical (unpaired) electrons. The van der Waals surface area contributed by atoms with E-state index < -0.39 is 0 Å². The molecule has 0 N–H and O–H groups in total. The van der Waals surface area contributed by atoms with E-state index >= 15 is 0 Å². The summed E-state index contributed by atoms with van der Waals surface area (Å²) < 4.78 is 5.54. The van der Waals surface area contributed by atoms with Crippen LogP contribution < -0.4 is 4.74 Å². The summed E-state index contributed by atoms with van der Waals surface area (Å²) in [4.78, 5) is 0.960. The van der Waals surface area contributed by atoms with Crippen LogP contribution in [0.25, 0.3) is 10.8 Å². The van der Waals surface area contributed by atoms with Gasteiger partial charge in [0, 0.05) is 0 Å². The molecular formula is C16H20OS. The minimum Gasteiger partial charge on any atom is -0.495 e. The lowest BCUT2D eigenvalue weighted by Crippen LogP contribution is -1.95. The first kappa shape index (κ1) is 13.3. The third-order valence-corrected chi connectivity index (χ3v) is 3.75. The van der Waals surface area contributed by atoms with Crippen LogP contribution in [0.3, 0.4) is 0 Å². The fourth-order valence-corrected chi connectivity index (χ4v) is 2.78. The van der Waals surface area contributed by atoms with E-state index in [1.54, 1.807) is 7.11 Å². The molecule has 2 aromatic rings. The highest BCUT2D eigenvalue weighted by molar-refractivity contribution is 7.80. The van der Waals surface area contributed by atoms with Gasteiger partial charge in [0.2, 0.25) is 0 Å². The molecule has 1 nitrogen and oxygen atoms in total. The maximum absolute atomic E-state index is 5.54. The Morgan fingerprint density at radius 2 is 1.94 bits per heavy atom. The average Bonchev–Trinajstić information content (AvgIpc) is 2.39. The van der Waals surface area contributed by atoms with Gasteiger partial charge in [-0.25, -0.2) is 0 Å². The molecule has 0 atom stereocenters. The molecule has 0 bridgehead atoms. The number of methoxy groups -OCH3 is 1. The molecule has 0 amide bonds. The van der Waals surface area contributed by atoms with Gasteiger partial charge in [0.25, 0.3) is 0 Å². The van der Waals surface area contributed by atoms with Gasteiger partial charge in [0.1, 0.15) is 5.75 Å². The SMILES string of the molecule is CCCCCc1cc2ccccc2c(S)c1OC. The van der Waals surface area contributed by atoms with Gasteiger partial charge in [-0.2, -0.15) is 0 Å². The van der Waals surface area contributed by atoms with Gasteiger partial charge >= 0.3 is 0 Å². The second-order valence-corrected chi connectivity index (χ2v) is 5.04. The quantitative estimate of drug-likeness (QED) is 0.596. The van der Waals surface area contributed by atoms with Crippen LogP contribution in [0.1, 0.15) is 31.7 Å². The third-order valence-electron chi connectivity index (χ3n) is 3.31. The summed E-state index contributed by atoms with van der Waals surface area (Å²) in [5.74, 6) is 0.938. The third kappa shape index (κ3) is 2.64. The van der Waals surface area contributed by atoms with Crippen LogP contribution >= 0.6 is 12.6 Å². The fourth-order valence-electron chi connectivity index (χ4n) is 2.35. The smallest absolute Gasteiger partial charge is 0.135 e. The van der Waals surface area contributed by atoms with Crippen LogP contribution in [0.4, 0.5) is 0 Å². The molecule has 0 spiro atoms. The fraction of sp³-hybridized carbons (Fsp3) is 0.375. The van der Waals surface area contributed by atoms with Gasteiger partial charge in [-0.05, 0) is 35.2 Å². The van der Waals surface area contributed by atoms with Crippen molar-refractivity contribution in [3.8, 4) is 5.75 Å². The molecule has 0 aliphatic heterocycles. The van der Waals surface area contributed by atoms with Gasteiger partial charge in [-0.3, -0.25) is 0 Å². The van der Waals surface area contributed by atoms with E-state index in [9.17, 15) is 0 Å². The number of benzene rings is 2. The van der Waals surface area contributed by atoms with E-state index in [1.807, 2.05) is 6.07 Å². The van der Waals surface area contributed by atoms with Crippen LogP contribution in [0.5, 0.6) is 5.75 Å². The Balaban J connectivity index is 2.44. The summed E-state index contributed by atoms with van der Waals surface area (Å²) >= 11 is 4.63. The first-order valence-corrected chi connectivity index (χ1v) is 7.00. The molecule has 2 rings (SSSR count). The number of ether oxygens (including phenoxy) is 1. The van der Waals surface area contributed by atoms with Gasteiger partial charge in [-0.15, -0.1) is 12.6 Å². The average molecular weight is 260 g/mol. The number of fused-ring (bicyclic) bond motifs is 1. The highest BCUT2D eigenvalue weighted by atomic mass is 32.1. The lowest BCUT2D eigenvalue weighted by atomic mass is 10.0. The van der Waals surface area contributed by atoms with Crippen molar-refractivity contribution in [2.75, 3.05) is 7.11 Å². The highest BCUT2D eigenvalue weighted by Crippen LogP contribution is 2.35. The van der Waals surface area contributed by atoms with E-state index in [4.69, 9.17) is 4.74 Å². The number of unbranched alkanes of at least 4 members (excludes halogenated alkanes) is 2. The minimum atomic E-state index is 0.938. The predicted octanol–water partition coefficient (Wildman–Crippen LogP) is 4.87. The van der Waals surface area contributed by atoms with E-state index in [1.165, 1.54) is 30.2 Å². The van der Waals surface area contributed by atoms with Crippen molar-refractivity contribution < 1.29 is 4.74 Å². The molecule has 0 saturated carbocycles. The normalized spacial score (nSPS) is 10.8. The number of hydrogen-bond donors (Lipinski definition) is 1. The van der Waals surface area contributed by atoms with Crippen molar-refractivity contribution in [2.45, 2.75) is 37.5 Å². The van der Waals surface area contributed by atoms with Crippen molar-refractivity contribution in [3.63, 3.8) is 0 Å². The van der Waals surface area contributed by atoms with Crippen LogP contribution in [-0.2, 0) is 6.42 Å². The molecule has 0 unspecified atom stereocenters. The van der Waals surface area contributed by atoms with Crippen molar-refractivity contribution >= 4 is 23.4 Å². The standard InChI is InChI=1S/C16H20OS/c1-3-4-5-9-13-11-12-8-6-7-10-14(12)16(18)15(13)17-2/h6-8,10-11,18H,3-5,9H2,1-2H3. The molecule has 96 valence electrons. The Kier molecular flexibility index (Phi) is 4.54. The Bertz CT molecular complexity index is 534. The van der Waals surface area contributed by atoms with E-state index in [-0.39, 0.29) is 0 Å². The second kappa shape index (κ2) is 6.14. The van der Waals surface area contributed by atoms with Gasteiger partial charge in [0.15, 0.2) is 0 Å². The Morgan fingerprint density at radius 3 is 2.67 bits per heavy atom. The molecule has 0 saturated heterocycles. The Hall–Kier alpha value is -1.15. The monoisotopic (exact) mass is 260 g/mol. The minimum absolute atomic E-state index is 0.938. The predicted molar refractivity (Wildman–Crippen MR) is 81.0 cm³/mol. The summed E-state index contributed by atoms with van der Waals surface area (Å²) in [6.45, 7) is 2.22. The van der Waals surface area contributed by atoms with Crippen molar-refractivity contribution in [3.05, 3.63) is 35.9 Å². The molecule has 0 aromatic heterocycles. The first-order valence-electron chi connectivity index (χ1n) is 6.55. The molecule has 0 heterocycles. The summed E-state index contributed by atoms with van der Waals surface area (Å²) in [5, 5.41) is 2.41. The Morgan fingerprint density at radius 1 is 1.17 bits per heavy atom. The number of hydrogen-bond acceptors (Lipinski definition) is 2. The van der Waals surface area contributed by atoms with Gasteiger partial charge in [0.05, 0.1) is 12.0 Å². The maximum Gasteiger partial charge on any atom is 0.135 e. The zero-order valence-electron chi connectivity index (χ0n) is 11.1. The van der Waals surface area contributed by atoms with Crippen LogP contribution in [-0.4, -0.2) is 7.11 Å². The molecule has 0 fully saturated rings. The zero-order chi connectivity index (χ0) is 13.0. The van der Waals surface area contributed by atoms with Crippen molar-refractivity contribution in [2.24, 2.45) is 0 Å². The molecule has 2 aromatic carbocycles. The van der Waals surface area contributed by atoms with E-state index in [0.29, 0.717) is 0 Å². The second-order valence-electron chi connectivity index (χ2n) is 4.60. The van der Waals surface area contributed by atoms with Crippen molar-refractivity contribution in [1.29, 1.82) is 0 Å². The van der Waals surface area contributed by atoms with E-state index in [2.05, 4.69) is 43.8 Å². The summed E-state index contributed by atoms with van der Waals surface area (Å²) in [6.07, 6.45) is 4.77. The topological polar surface area (TPSA) is 9.23 Å². The number of thiol groups is 1. The molecule has 2 heteroatoms. The number of rotatable bonds is 5. The summed E-state index contributed by atoms with van der Waals surface area (Å²) in [7, 11) is 1.73. The highest BCUT2D eigenvalue weighted by Gasteiger charge is 2.10. The first-order chi connectivity index (χ1) is 8.77. The molecule has 18 heavy (non-hydrogen) atoms. The molecule has 0 aliphatic rings. The maximum atomic E-state index is 5.54. The van der Waals surface area contributed by atoms with Crippen LogP contribution in [0.15, 0.2) is 35.2 Å². The summed E-state index contributed by atoms with van der Waals surface area (Å²) in [5.41, 5.74) is 1.27. The molecule has 0 aliphatic carbocycles. The largest absolute Gasteiger partial charge is 0.495 e. The summed E-state index contributed by atoms with van der Waals surface area (Å²) in [6, 6.07) is 10.6. The Labute approximate surface area is 115 Å². The van der Waals surface area contributed by atoms with Crippen molar-refractivity contribution in [1.82, 2.24) is 0 Å². The molecular weight excluding hydrogens is 240 g/mol. The zero-order valence-corrected chi connectivity index (χ0v) is 12.0. The number of aryl methyl sites for hydroxylation is 1.